The van der Waals surface area contributed by atoms with Crippen molar-refractivity contribution >= 4 is 14.1 Å². The monoisotopic (exact) mass is 711 g/mol. The molecular weight excluding hydrogens is 619 g/mol. The fourth-order valence-corrected chi connectivity index (χ4v) is 8.17. The van der Waals surface area contributed by atoms with Crippen LogP contribution in [0, 0.1) is 0 Å². The van der Waals surface area contributed by atoms with Crippen LogP contribution in [0.3, 0.4) is 0 Å². The minimum absolute atomic E-state index is 0. The van der Waals surface area contributed by atoms with E-state index in [4.69, 9.17) is 20.4 Å². The summed E-state index contributed by atoms with van der Waals surface area (Å²) in [5.41, 5.74) is 0. The molecule has 0 aromatic rings. The van der Waals surface area contributed by atoms with Gasteiger partial charge in [0.25, 0.3) is 14.1 Å². The van der Waals surface area contributed by atoms with Crippen LogP contribution in [0.5, 0.6) is 0 Å². The Morgan fingerprint density at radius 1 is 0.261 bits per heavy atom. The summed E-state index contributed by atoms with van der Waals surface area (Å²) < 4.78 is 0. The van der Waals surface area contributed by atoms with Gasteiger partial charge < -0.3 is 20.4 Å². The average molecular weight is 711 g/mol. The predicted molar refractivity (Wildman–Crippen MR) is 208 cm³/mol. The summed E-state index contributed by atoms with van der Waals surface area (Å²) in [6.45, 7) is 16.6. The summed E-state index contributed by atoms with van der Waals surface area (Å²) in [4.78, 5) is 0. The van der Waals surface area contributed by atoms with Crippen LogP contribution in [0.1, 0.15) is 215 Å². The molecule has 4 N–H and O–H groups in total. The first kappa shape index (κ1) is 59.2. The maximum Gasteiger partial charge on any atom is 0.261 e. The zero-order valence-electron chi connectivity index (χ0n) is 33.2. The molecule has 282 valence electrons. The molecule has 4 nitrogen and oxygen atoms in total. The van der Waals surface area contributed by atoms with Crippen molar-refractivity contribution in [1.82, 2.24) is 0 Å². The zero-order chi connectivity index (χ0) is 34.9. The molecule has 0 radical (unpaired) electrons. The van der Waals surface area contributed by atoms with E-state index in [2.05, 4.69) is 48.5 Å². The van der Waals surface area contributed by atoms with Gasteiger partial charge >= 0.3 is 0 Å². The Morgan fingerprint density at radius 3 is 0.587 bits per heavy atom. The molecule has 0 heterocycles. The fourth-order valence-electron chi connectivity index (χ4n) is 4.71. The van der Waals surface area contributed by atoms with Crippen molar-refractivity contribution in [3.05, 3.63) is 0 Å². The molecule has 0 aromatic carbocycles. The van der Waals surface area contributed by atoms with Gasteiger partial charge in [-0.3, -0.25) is 0 Å². The maximum absolute atomic E-state index is 8.07. The third-order valence-corrected chi connectivity index (χ3v) is 11.6. The van der Waals surface area contributed by atoms with Crippen LogP contribution in [0.2, 0.25) is 15.8 Å². The Hall–Kier alpha value is 1.09. The van der Waals surface area contributed by atoms with Crippen LogP contribution in [-0.4, -0.2) is 61.0 Å². The summed E-state index contributed by atoms with van der Waals surface area (Å²) in [5, 5.41) is 37.3. The molecule has 0 saturated heterocycles. The molecule has 0 bridgehead atoms. The molecule has 0 aliphatic carbocycles. The number of aliphatic hydroxyl groups excluding tert-OH is 4. The number of hydrogen-bond donors (Lipinski definition) is 4. The van der Waals surface area contributed by atoms with E-state index in [1.807, 2.05) is 0 Å². The molecule has 0 aromatic heterocycles. The summed E-state index contributed by atoms with van der Waals surface area (Å²) in [5.74, 6) is 0. The number of unbranched alkanes of at least 4 members (excludes halogenated alkanes) is 19. The van der Waals surface area contributed by atoms with Gasteiger partial charge in [0.2, 0.25) is 0 Å². The van der Waals surface area contributed by atoms with Gasteiger partial charge in [0.15, 0.2) is 0 Å². The van der Waals surface area contributed by atoms with E-state index in [1.165, 1.54) is 96.3 Å². The summed E-state index contributed by atoms with van der Waals surface area (Å²) >= 11 is -0.410. The molecule has 0 atom stereocenters. The van der Waals surface area contributed by atoms with E-state index in [-0.39, 0.29) is 21.7 Å². The van der Waals surface area contributed by atoms with Gasteiger partial charge in [0, 0.05) is 48.1 Å². The topological polar surface area (TPSA) is 80.9 Å². The van der Waals surface area contributed by atoms with Crippen LogP contribution in [0.15, 0.2) is 0 Å². The molecule has 6 heteroatoms. The van der Waals surface area contributed by atoms with Crippen molar-refractivity contribution in [1.29, 1.82) is 0 Å². The number of aliphatic hydroxyl groups is 4. The Bertz CT molecular complexity index is 335. The molecular formula is C40H91AlO4Ti. The van der Waals surface area contributed by atoms with Gasteiger partial charge in [-0.1, -0.05) is 206 Å². The van der Waals surface area contributed by atoms with Crippen LogP contribution >= 0.6 is 0 Å². The fraction of sp³-hybridized carbons (Fsp3) is 1.00. The average Bonchev–Trinajstić information content (AvgIpc) is 3.04. The third kappa shape index (κ3) is 80.0. The first-order valence-electron chi connectivity index (χ1n) is 20.4. The molecule has 46 heavy (non-hydrogen) atoms. The van der Waals surface area contributed by atoms with Crippen molar-refractivity contribution in [3.63, 3.8) is 0 Å². The van der Waals surface area contributed by atoms with Gasteiger partial charge in [-0.05, 0) is 25.7 Å². The van der Waals surface area contributed by atoms with Crippen LogP contribution in [0.25, 0.3) is 0 Å². The molecule has 0 aliphatic heterocycles. The Labute approximate surface area is 312 Å². The summed E-state index contributed by atoms with van der Waals surface area (Å²) in [7, 11) is 0. The Morgan fingerprint density at radius 2 is 0.435 bits per heavy atom. The molecule has 0 aliphatic rings. The van der Waals surface area contributed by atoms with Crippen molar-refractivity contribution < 1.29 is 42.1 Å². The van der Waals surface area contributed by atoms with Gasteiger partial charge in [-0.15, -0.1) is 0 Å². The van der Waals surface area contributed by atoms with E-state index in [0.717, 1.165) is 51.4 Å². The van der Waals surface area contributed by atoms with E-state index in [9.17, 15) is 0 Å². The Balaban J connectivity index is -0.000000153. The second-order valence-electron chi connectivity index (χ2n) is 12.8. The minimum Gasteiger partial charge on any atom is -0.396 e. The normalized spacial score (nSPS) is 9.72. The second kappa shape index (κ2) is 68.1. The molecule has 0 unspecified atom stereocenters. The van der Waals surface area contributed by atoms with E-state index in [0.29, 0.717) is 26.4 Å². The van der Waals surface area contributed by atoms with E-state index >= 15 is 0 Å². The van der Waals surface area contributed by atoms with Crippen LogP contribution in [0.4, 0.5) is 0 Å². The molecule has 0 amide bonds. The Kier molecular flexibility index (Phi) is 87.7. The standard InChI is InChI=1S/3C8H17.4C4H10O.Al.Ti/c3*1-3-5-7-8-6-4-2;4*1-2-3-4-5;;/h3*1,3-8H2,2H3;4*5H,2-4H2,1H3;;. The molecule has 0 rings (SSSR count). The maximum atomic E-state index is 8.07. The first-order valence-corrected chi connectivity index (χ1v) is 22.9. The molecule has 0 saturated carbocycles. The second-order valence-corrected chi connectivity index (χ2v) is 16.3. The van der Waals surface area contributed by atoms with Crippen LogP contribution < -0.4 is 0 Å². The van der Waals surface area contributed by atoms with Crippen molar-refractivity contribution in [3.8, 4) is 0 Å². The minimum atomic E-state index is -0.410. The SMILES string of the molecule is CCCCCCC[CH2][Al]([CH2]CCCCCCC)[CH2]CCCCCCC.CCCCO.CCCCO.CCCCO.CCCCO.[Ti]. The van der Waals surface area contributed by atoms with Gasteiger partial charge in [-0.25, -0.2) is 0 Å². The first-order chi connectivity index (χ1) is 22.0. The van der Waals surface area contributed by atoms with Crippen molar-refractivity contribution in [2.75, 3.05) is 26.4 Å². The largest absolute Gasteiger partial charge is 0.396 e. The predicted octanol–water partition coefficient (Wildman–Crippen LogP) is 12.7. The quantitative estimate of drug-likeness (QED) is 0.0460. The molecule has 0 spiro atoms. The number of rotatable bonds is 29. The van der Waals surface area contributed by atoms with Gasteiger partial charge in [0.05, 0.1) is 0 Å². The van der Waals surface area contributed by atoms with Crippen LogP contribution in [-0.2, 0) is 21.7 Å². The van der Waals surface area contributed by atoms with E-state index < -0.39 is 14.1 Å². The number of hydrogen-bond acceptors (Lipinski definition) is 4. The third-order valence-electron chi connectivity index (χ3n) is 7.94. The van der Waals surface area contributed by atoms with Gasteiger partial charge in [0.1, 0.15) is 0 Å². The van der Waals surface area contributed by atoms with Crippen molar-refractivity contribution in [2.24, 2.45) is 0 Å². The molecule has 0 fully saturated rings. The zero-order valence-corrected chi connectivity index (χ0v) is 35.9. The van der Waals surface area contributed by atoms with Gasteiger partial charge in [-0.2, -0.15) is 0 Å². The van der Waals surface area contributed by atoms with Crippen molar-refractivity contribution in [2.45, 2.75) is 231 Å². The summed E-state index contributed by atoms with van der Waals surface area (Å²) in [6.07, 6.45) is 34.9. The van der Waals surface area contributed by atoms with E-state index in [1.54, 1.807) is 35.1 Å². The summed E-state index contributed by atoms with van der Waals surface area (Å²) in [6, 6.07) is 0. The smallest absolute Gasteiger partial charge is 0.261 e.